The molecule has 1 aliphatic carbocycles. The van der Waals surface area contributed by atoms with Crippen molar-refractivity contribution in [3.05, 3.63) is 75.9 Å². The second-order valence-electron chi connectivity index (χ2n) is 7.34. The number of Topliss-reactive ketones (excluding diaryl/α,β-unsaturated/α-hetero) is 1. The number of thioether (sulfide) groups is 1. The average molecular weight is 467 g/mol. The molecule has 2 heterocycles. The van der Waals surface area contributed by atoms with Gasteiger partial charge in [0.2, 0.25) is 0 Å². The number of benzene rings is 1. The number of rotatable bonds is 7. The average Bonchev–Trinajstić information content (AvgIpc) is 3.20. The van der Waals surface area contributed by atoms with Gasteiger partial charge >= 0.3 is 5.97 Å². The van der Waals surface area contributed by atoms with Gasteiger partial charge in [0.05, 0.1) is 11.1 Å². The summed E-state index contributed by atoms with van der Waals surface area (Å²) in [5.41, 5.74) is 2.19. The molecule has 4 rings (SSSR count). The minimum Gasteiger partial charge on any atom is -0.454 e. The molecule has 0 spiro atoms. The molecule has 6 nitrogen and oxygen atoms in total. The zero-order valence-electron chi connectivity index (χ0n) is 17.6. The van der Waals surface area contributed by atoms with Gasteiger partial charge in [-0.1, -0.05) is 12.1 Å². The molecule has 1 aromatic carbocycles. The number of hydrogen-bond donors (Lipinski definition) is 1. The van der Waals surface area contributed by atoms with Gasteiger partial charge in [-0.25, -0.2) is 4.79 Å². The zero-order valence-corrected chi connectivity index (χ0v) is 19.2. The Labute approximate surface area is 194 Å². The van der Waals surface area contributed by atoms with E-state index in [4.69, 9.17) is 4.74 Å². The van der Waals surface area contributed by atoms with Crippen molar-refractivity contribution >= 4 is 45.8 Å². The summed E-state index contributed by atoms with van der Waals surface area (Å²) in [4.78, 5) is 44.3. The van der Waals surface area contributed by atoms with Gasteiger partial charge in [0.1, 0.15) is 5.00 Å². The molecular formula is C24H22N2O4S2. The Morgan fingerprint density at radius 1 is 1.09 bits per heavy atom. The van der Waals surface area contributed by atoms with Crippen LogP contribution in [0.4, 0.5) is 5.00 Å². The lowest BCUT2D eigenvalue weighted by Gasteiger charge is -2.13. The van der Waals surface area contributed by atoms with Gasteiger partial charge in [-0.2, -0.15) is 0 Å². The van der Waals surface area contributed by atoms with Crippen LogP contribution in [0.1, 0.15) is 54.4 Å². The van der Waals surface area contributed by atoms with Crippen LogP contribution in [0.3, 0.4) is 0 Å². The van der Waals surface area contributed by atoms with E-state index < -0.39 is 5.97 Å². The molecule has 32 heavy (non-hydrogen) atoms. The fourth-order valence-corrected chi connectivity index (χ4v) is 5.29. The van der Waals surface area contributed by atoms with E-state index in [1.54, 1.807) is 42.2 Å². The molecule has 1 N–H and O–H groups in total. The molecule has 0 saturated carbocycles. The summed E-state index contributed by atoms with van der Waals surface area (Å²) in [5, 5.41) is 3.31. The number of carbonyl (C=O) groups is 3. The molecule has 0 atom stereocenters. The Morgan fingerprint density at radius 3 is 2.59 bits per heavy atom. The van der Waals surface area contributed by atoms with Crippen molar-refractivity contribution in [3.63, 3.8) is 0 Å². The molecule has 0 aliphatic heterocycles. The lowest BCUT2D eigenvalue weighted by molar-refractivity contribution is 0.0475. The number of esters is 1. The molecule has 0 unspecified atom stereocenters. The number of hydrogen-bond acceptors (Lipinski definition) is 7. The number of aryl methyl sites for hydroxylation is 1. The maximum atomic E-state index is 13.0. The van der Waals surface area contributed by atoms with Crippen LogP contribution < -0.4 is 5.32 Å². The minimum absolute atomic E-state index is 0.268. The third-order valence-electron chi connectivity index (χ3n) is 5.27. The third-order valence-corrected chi connectivity index (χ3v) is 7.22. The fourth-order valence-electron chi connectivity index (χ4n) is 3.61. The summed E-state index contributed by atoms with van der Waals surface area (Å²) in [5.74, 6) is -1.19. The van der Waals surface area contributed by atoms with Crippen molar-refractivity contribution in [2.75, 3.05) is 18.2 Å². The highest BCUT2D eigenvalue weighted by atomic mass is 32.2. The van der Waals surface area contributed by atoms with Crippen molar-refractivity contribution < 1.29 is 19.1 Å². The predicted octanol–water partition coefficient (Wildman–Crippen LogP) is 5.04. The van der Waals surface area contributed by atoms with Crippen LogP contribution in [0, 0.1) is 0 Å². The maximum absolute atomic E-state index is 13.0. The quantitative estimate of drug-likeness (QED) is 0.298. The molecule has 3 aromatic rings. The first-order chi connectivity index (χ1) is 15.6. The first-order valence-corrected chi connectivity index (χ1v) is 12.3. The van der Waals surface area contributed by atoms with Crippen LogP contribution in [0.5, 0.6) is 0 Å². The number of pyridine rings is 1. The van der Waals surface area contributed by atoms with Crippen molar-refractivity contribution in [1.29, 1.82) is 0 Å². The first kappa shape index (κ1) is 22.2. The number of ether oxygens (including phenoxy) is 1. The number of amides is 1. The fraction of sp³-hybridized carbons (Fsp3) is 0.250. The maximum Gasteiger partial charge on any atom is 0.341 e. The van der Waals surface area contributed by atoms with Crippen molar-refractivity contribution in [2.45, 2.75) is 30.6 Å². The Hall–Kier alpha value is -2.97. The van der Waals surface area contributed by atoms with Crippen molar-refractivity contribution in [2.24, 2.45) is 0 Å². The van der Waals surface area contributed by atoms with Crippen molar-refractivity contribution in [3.8, 4) is 0 Å². The molecule has 1 aliphatic rings. The smallest absolute Gasteiger partial charge is 0.341 e. The zero-order chi connectivity index (χ0) is 22.5. The van der Waals surface area contributed by atoms with E-state index in [1.807, 2.05) is 18.4 Å². The Kier molecular flexibility index (Phi) is 7.02. The van der Waals surface area contributed by atoms with Crippen molar-refractivity contribution in [1.82, 2.24) is 4.98 Å². The molecule has 8 heteroatoms. The van der Waals surface area contributed by atoms with Crippen LogP contribution in [0.15, 0.2) is 53.7 Å². The van der Waals surface area contributed by atoms with Gasteiger partial charge in [0.25, 0.3) is 5.91 Å². The topological polar surface area (TPSA) is 85.4 Å². The number of aromatic nitrogens is 1. The number of nitrogens with one attached hydrogen (secondary N) is 1. The first-order valence-electron chi connectivity index (χ1n) is 10.3. The van der Waals surface area contributed by atoms with Gasteiger partial charge in [0.15, 0.2) is 12.4 Å². The standard InChI is InChI=1S/C24H22N2O4S2/c1-31-17-10-8-15(9-11-17)19(27)14-30-24(29)21-18-6-2-3-7-20(18)32-23(21)26-22(28)16-5-4-12-25-13-16/h4-5,8-13H,2-3,6-7,14H2,1H3,(H,26,28). The van der Waals surface area contributed by atoms with E-state index in [9.17, 15) is 14.4 Å². The van der Waals surface area contributed by atoms with Gasteiger partial charge in [0, 0.05) is 27.7 Å². The number of ketones is 1. The van der Waals surface area contributed by atoms with E-state index in [-0.39, 0.29) is 18.3 Å². The van der Waals surface area contributed by atoms with E-state index >= 15 is 0 Å². The largest absolute Gasteiger partial charge is 0.454 e. The highest BCUT2D eigenvalue weighted by molar-refractivity contribution is 7.98. The number of nitrogens with zero attached hydrogens (tertiary/aromatic N) is 1. The van der Waals surface area contributed by atoms with E-state index in [2.05, 4.69) is 10.3 Å². The summed E-state index contributed by atoms with van der Waals surface area (Å²) >= 11 is 3.00. The molecule has 0 saturated heterocycles. The van der Waals surface area contributed by atoms with E-state index in [0.29, 0.717) is 21.7 Å². The summed E-state index contributed by atoms with van der Waals surface area (Å²) in [6.45, 7) is -0.349. The minimum atomic E-state index is -0.583. The number of thiophene rings is 1. The molecule has 0 bridgehead atoms. The summed E-state index contributed by atoms with van der Waals surface area (Å²) in [6, 6.07) is 10.5. The predicted molar refractivity (Wildman–Crippen MR) is 126 cm³/mol. The normalized spacial score (nSPS) is 12.7. The second kappa shape index (κ2) is 10.1. The van der Waals surface area contributed by atoms with Gasteiger partial charge in [-0.15, -0.1) is 23.1 Å². The van der Waals surface area contributed by atoms with Gasteiger partial charge in [-0.3, -0.25) is 14.6 Å². The van der Waals surface area contributed by atoms with E-state index in [0.717, 1.165) is 41.0 Å². The van der Waals surface area contributed by atoms with Crippen LogP contribution in [0.25, 0.3) is 0 Å². The molecule has 0 radical (unpaired) electrons. The Morgan fingerprint density at radius 2 is 1.88 bits per heavy atom. The van der Waals surface area contributed by atoms with Gasteiger partial charge in [-0.05, 0) is 61.8 Å². The number of fused-ring (bicyclic) bond motifs is 1. The van der Waals surface area contributed by atoms with Crippen LogP contribution in [-0.2, 0) is 17.6 Å². The van der Waals surface area contributed by atoms with E-state index in [1.165, 1.54) is 17.5 Å². The molecule has 0 fully saturated rings. The SMILES string of the molecule is CSc1ccc(C(=O)COC(=O)c2c(NC(=O)c3cccnc3)sc3c2CCCC3)cc1. The Bertz CT molecular complexity index is 1140. The third kappa shape index (κ3) is 4.92. The lowest BCUT2D eigenvalue weighted by Crippen LogP contribution is -2.18. The monoisotopic (exact) mass is 466 g/mol. The summed E-state index contributed by atoms with van der Waals surface area (Å²) in [7, 11) is 0. The number of carbonyl (C=O) groups excluding carboxylic acids is 3. The van der Waals surface area contributed by atoms with Crippen LogP contribution >= 0.6 is 23.1 Å². The second-order valence-corrected chi connectivity index (χ2v) is 9.32. The Balaban J connectivity index is 1.52. The lowest BCUT2D eigenvalue weighted by atomic mass is 9.95. The number of anilines is 1. The highest BCUT2D eigenvalue weighted by Gasteiger charge is 2.28. The highest BCUT2D eigenvalue weighted by Crippen LogP contribution is 2.38. The van der Waals surface area contributed by atoms with Crippen LogP contribution in [-0.4, -0.2) is 35.5 Å². The molecular weight excluding hydrogens is 444 g/mol. The molecule has 2 aromatic heterocycles. The van der Waals surface area contributed by atoms with Gasteiger partial charge < -0.3 is 10.1 Å². The molecule has 1 amide bonds. The molecule has 164 valence electrons. The van der Waals surface area contributed by atoms with Crippen LogP contribution in [0.2, 0.25) is 0 Å². The summed E-state index contributed by atoms with van der Waals surface area (Å²) in [6.07, 6.45) is 8.66. The summed E-state index contributed by atoms with van der Waals surface area (Å²) < 4.78 is 5.40.